The van der Waals surface area contributed by atoms with Crippen LogP contribution in [0.2, 0.25) is 5.02 Å². The molecule has 0 fully saturated rings. The molecule has 1 aromatic carbocycles. The van der Waals surface area contributed by atoms with Gasteiger partial charge < -0.3 is 10.1 Å². The highest BCUT2D eigenvalue weighted by Crippen LogP contribution is 2.22. The van der Waals surface area contributed by atoms with Gasteiger partial charge in [0.25, 0.3) is 0 Å². The minimum Gasteiger partial charge on any atom is -0.372 e. The van der Waals surface area contributed by atoms with E-state index in [0.717, 1.165) is 15.7 Å². The minimum atomic E-state index is -0.145. The van der Waals surface area contributed by atoms with E-state index < -0.39 is 0 Å². The number of halogens is 2. The van der Waals surface area contributed by atoms with Crippen LogP contribution in [0.15, 0.2) is 18.2 Å². The predicted molar refractivity (Wildman–Crippen MR) is 73.9 cm³/mol. The second-order valence-corrected chi connectivity index (χ2v) is 4.82. The van der Waals surface area contributed by atoms with Gasteiger partial charge in [0.2, 0.25) is 5.91 Å². The molecule has 0 aliphatic rings. The molecule has 0 unspecified atom stereocenters. The summed E-state index contributed by atoms with van der Waals surface area (Å²) in [5.74, 6) is -0.145. The van der Waals surface area contributed by atoms with E-state index in [9.17, 15) is 4.79 Å². The summed E-state index contributed by atoms with van der Waals surface area (Å²) < 4.78 is 6.05. The number of ether oxygens (including phenoxy) is 1. The number of amides is 1. The fourth-order valence-electron chi connectivity index (χ4n) is 1.09. The molecule has 1 N–H and O–H groups in total. The van der Waals surface area contributed by atoms with Gasteiger partial charge in [-0.2, -0.15) is 0 Å². The van der Waals surface area contributed by atoms with Crippen molar-refractivity contribution in [2.45, 2.75) is 13.3 Å². The Kier molecular flexibility index (Phi) is 6.08. The Bertz CT molecular complexity index is 371. The first kappa shape index (κ1) is 13.7. The Morgan fingerprint density at radius 3 is 2.94 bits per heavy atom. The molecule has 0 radical (unpaired) electrons. The lowest BCUT2D eigenvalue weighted by Crippen LogP contribution is -2.19. The fourth-order valence-corrected chi connectivity index (χ4v) is 2.09. The van der Waals surface area contributed by atoms with E-state index in [2.05, 4.69) is 27.9 Å². The lowest BCUT2D eigenvalue weighted by molar-refractivity contribution is -0.120. The quantitative estimate of drug-likeness (QED) is 0.651. The van der Waals surface area contributed by atoms with E-state index >= 15 is 0 Å². The number of benzene rings is 1. The smallest absolute Gasteiger partial charge is 0.250 e. The Hall–Kier alpha value is -0.330. The molecule has 0 bridgehead atoms. The van der Waals surface area contributed by atoms with Crippen LogP contribution < -0.4 is 5.32 Å². The van der Waals surface area contributed by atoms with Gasteiger partial charge in [-0.05, 0) is 47.2 Å². The van der Waals surface area contributed by atoms with Gasteiger partial charge in [0.1, 0.15) is 6.61 Å². The molecule has 1 rings (SSSR count). The first-order chi connectivity index (χ1) is 7.63. The zero-order chi connectivity index (χ0) is 12.0. The zero-order valence-corrected chi connectivity index (χ0v) is 11.8. The summed E-state index contributed by atoms with van der Waals surface area (Å²) in [7, 11) is 0. The Morgan fingerprint density at radius 1 is 1.56 bits per heavy atom. The maximum Gasteiger partial charge on any atom is 0.250 e. The normalized spacial score (nSPS) is 10.2. The summed E-state index contributed by atoms with van der Waals surface area (Å²) in [4.78, 5) is 11.5. The predicted octanol–water partition coefficient (Wildman–Crippen LogP) is 3.31. The van der Waals surface area contributed by atoms with Gasteiger partial charge in [-0.15, -0.1) is 0 Å². The number of anilines is 1. The first-order valence-corrected chi connectivity index (χ1v) is 6.41. The molecular weight excluding hydrogens is 340 g/mol. The van der Waals surface area contributed by atoms with Gasteiger partial charge >= 0.3 is 0 Å². The van der Waals surface area contributed by atoms with Gasteiger partial charge in [0.05, 0.1) is 5.69 Å². The number of rotatable bonds is 5. The van der Waals surface area contributed by atoms with E-state index in [-0.39, 0.29) is 12.5 Å². The van der Waals surface area contributed by atoms with Crippen molar-refractivity contribution in [1.82, 2.24) is 0 Å². The van der Waals surface area contributed by atoms with Crippen LogP contribution in [0.3, 0.4) is 0 Å². The molecule has 0 saturated carbocycles. The van der Waals surface area contributed by atoms with Crippen LogP contribution in [-0.4, -0.2) is 19.1 Å². The largest absolute Gasteiger partial charge is 0.372 e. The summed E-state index contributed by atoms with van der Waals surface area (Å²) in [5.41, 5.74) is 0.759. The number of carbonyl (C=O) groups excluding carboxylic acids is 1. The third kappa shape index (κ3) is 4.67. The molecule has 88 valence electrons. The van der Waals surface area contributed by atoms with Crippen molar-refractivity contribution in [3.63, 3.8) is 0 Å². The van der Waals surface area contributed by atoms with Crippen LogP contribution in [-0.2, 0) is 9.53 Å². The molecule has 0 aromatic heterocycles. The molecule has 16 heavy (non-hydrogen) atoms. The second kappa shape index (κ2) is 7.09. The highest BCUT2D eigenvalue weighted by atomic mass is 127. The van der Waals surface area contributed by atoms with Crippen molar-refractivity contribution >= 4 is 45.8 Å². The van der Waals surface area contributed by atoms with Gasteiger partial charge in [-0.25, -0.2) is 0 Å². The van der Waals surface area contributed by atoms with Crippen molar-refractivity contribution in [2.75, 3.05) is 18.5 Å². The molecule has 0 atom stereocenters. The van der Waals surface area contributed by atoms with Crippen molar-refractivity contribution in [2.24, 2.45) is 0 Å². The SMILES string of the molecule is CCCOCC(=O)Nc1ccc(Cl)cc1I. The topological polar surface area (TPSA) is 38.3 Å². The first-order valence-electron chi connectivity index (χ1n) is 4.96. The number of nitrogens with one attached hydrogen (secondary N) is 1. The Labute approximate surface area is 114 Å². The van der Waals surface area contributed by atoms with Crippen LogP contribution in [0.4, 0.5) is 5.69 Å². The molecule has 1 amide bonds. The molecule has 0 aliphatic carbocycles. The average Bonchev–Trinajstić information content (AvgIpc) is 2.23. The van der Waals surface area contributed by atoms with Gasteiger partial charge in [0, 0.05) is 15.2 Å². The highest BCUT2D eigenvalue weighted by molar-refractivity contribution is 14.1. The van der Waals surface area contributed by atoms with Gasteiger partial charge in [-0.1, -0.05) is 18.5 Å². The zero-order valence-electron chi connectivity index (χ0n) is 8.93. The third-order valence-corrected chi connectivity index (χ3v) is 2.91. The van der Waals surface area contributed by atoms with Crippen molar-refractivity contribution in [3.05, 3.63) is 26.8 Å². The summed E-state index contributed by atoms with van der Waals surface area (Å²) in [6.45, 7) is 2.69. The van der Waals surface area contributed by atoms with E-state index in [0.29, 0.717) is 11.6 Å². The Morgan fingerprint density at radius 2 is 2.31 bits per heavy atom. The summed E-state index contributed by atoms with van der Waals surface area (Å²) >= 11 is 7.94. The molecule has 3 nitrogen and oxygen atoms in total. The van der Waals surface area contributed by atoms with Crippen LogP contribution in [0.5, 0.6) is 0 Å². The molecular formula is C11H13ClINO2. The number of hydrogen-bond donors (Lipinski definition) is 1. The van der Waals surface area contributed by atoms with Gasteiger partial charge in [-0.3, -0.25) is 4.79 Å². The van der Waals surface area contributed by atoms with E-state index in [1.54, 1.807) is 18.2 Å². The maximum atomic E-state index is 11.5. The fraction of sp³-hybridized carbons (Fsp3) is 0.364. The molecule has 5 heteroatoms. The van der Waals surface area contributed by atoms with Crippen molar-refractivity contribution < 1.29 is 9.53 Å². The van der Waals surface area contributed by atoms with Crippen LogP contribution in [0.1, 0.15) is 13.3 Å². The molecule has 0 aliphatic heterocycles. The van der Waals surface area contributed by atoms with Crippen LogP contribution in [0.25, 0.3) is 0 Å². The maximum absolute atomic E-state index is 11.5. The number of carbonyl (C=O) groups is 1. The lowest BCUT2D eigenvalue weighted by Gasteiger charge is -2.07. The third-order valence-electron chi connectivity index (χ3n) is 1.79. The minimum absolute atomic E-state index is 0.0898. The molecule has 1 aromatic rings. The van der Waals surface area contributed by atoms with E-state index in [1.165, 1.54) is 0 Å². The van der Waals surface area contributed by atoms with Crippen molar-refractivity contribution in [3.8, 4) is 0 Å². The lowest BCUT2D eigenvalue weighted by atomic mass is 10.3. The van der Waals surface area contributed by atoms with Crippen LogP contribution >= 0.6 is 34.2 Å². The molecule has 0 saturated heterocycles. The molecule has 0 spiro atoms. The molecule has 0 heterocycles. The van der Waals surface area contributed by atoms with Crippen molar-refractivity contribution in [1.29, 1.82) is 0 Å². The second-order valence-electron chi connectivity index (χ2n) is 3.22. The summed E-state index contributed by atoms with van der Waals surface area (Å²) in [6.07, 6.45) is 0.908. The number of hydrogen-bond acceptors (Lipinski definition) is 2. The standard InChI is InChI=1S/C11H13ClINO2/c1-2-5-16-7-11(15)14-10-4-3-8(12)6-9(10)13/h3-4,6H,2,5,7H2,1H3,(H,14,15). The van der Waals surface area contributed by atoms with E-state index in [1.807, 2.05) is 6.92 Å². The summed E-state index contributed by atoms with van der Waals surface area (Å²) in [6, 6.07) is 5.32. The highest BCUT2D eigenvalue weighted by Gasteiger charge is 2.05. The van der Waals surface area contributed by atoms with Gasteiger partial charge in [0.15, 0.2) is 0 Å². The average molecular weight is 354 g/mol. The van der Waals surface area contributed by atoms with Crippen LogP contribution in [0, 0.1) is 3.57 Å². The Balaban J connectivity index is 2.49. The summed E-state index contributed by atoms with van der Waals surface area (Å²) in [5, 5.41) is 3.42. The monoisotopic (exact) mass is 353 g/mol. The van der Waals surface area contributed by atoms with E-state index in [4.69, 9.17) is 16.3 Å².